The zero-order valence-corrected chi connectivity index (χ0v) is 16.9. The molecule has 2 rings (SSSR count). The smallest absolute Gasteiger partial charge is 0.235 e. The lowest BCUT2D eigenvalue weighted by molar-refractivity contribution is -0.126. The number of carbonyl (C=O) groups is 2. The van der Waals surface area contributed by atoms with Crippen LogP contribution in [-0.4, -0.2) is 73.0 Å². The second-order valence-corrected chi connectivity index (χ2v) is 8.41. The van der Waals surface area contributed by atoms with Crippen LogP contribution in [0.25, 0.3) is 0 Å². The molecule has 2 N–H and O–H groups in total. The number of rotatable bonds is 7. The van der Waals surface area contributed by atoms with Crippen LogP contribution in [-0.2, 0) is 9.59 Å². The molecule has 27 heavy (non-hydrogen) atoms. The summed E-state index contributed by atoms with van der Waals surface area (Å²) < 4.78 is 0. The largest absolute Gasteiger partial charge is 0.355 e. The van der Waals surface area contributed by atoms with Gasteiger partial charge in [0.1, 0.15) is 5.54 Å². The van der Waals surface area contributed by atoms with Crippen molar-refractivity contribution < 1.29 is 9.59 Å². The van der Waals surface area contributed by atoms with E-state index in [1.165, 1.54) is 0 Å². The summed E-state index contributed by atoms with van der Waals surface area (Å²) in [6, 6.07) is 2.37. The number of nitrogens with one attached hydrogen (secondary N) is 2. The van der Waals surface area contributed by atoms with Gasteiger partial charge >= 0.3 is 0 Å². The van der Waals surface area contributed by atoms with Crippen LogP contribution in [0.1, 0.15) is 52.4 Å². The predicted octanol–water partition coefficient (Wildman–Crippen LogP) is 1.11. The van der Waals surface area contributed by atoms with E-state index in [9.17, 15) is 14.9 Å². The molecule has 0 aromatic rings. The first-order valence-electron chi connectivity index (χ1n) is 10.4. The second kappa shape index (κ2) is 10.6. The van der Waals surface area contributed by atoms with Crippen molar-refractivity contribution in [2.75, 3.05) is 45.8 Å². The Bertz CT molecular complexity index is 527. The molecule has 0 bridgehead atoms. The van der Waals surface area contributed by atoms with Crippen molar-refractivity contribution in [2.45, 2.75) is 57.9 Å². The molecule has 0 aromatic carbocycles. The molecule has 1 aliphatic heterocycles. The van der Waals surface area contributed by atoms with Gasteiger partial charge in [-0.1, -0.05) is 39.5 Å². The SMILES string of the molecule is CC(C)CNC(=O)CN1CCN(CC(=O)NC2(C#N)CCCCCC2)CC1. The van der Waals surface area contributed by atoms with Crippen LogP contribution < -0.4 is 10.6 Å². The van der Waals surface area contributed by atoms with E-state index in [1.54, 1.807) is 0 Å². The van der Waals surface area contributed by atoms with Crippen molar-refractivity contribution >= 4 is 11.8 Å². The third kappa shape index (κ3) is 7.47. The van der Waals surface area contributed by atoms with E-state index >= 15 is 0 Å². The van der Waals surface area contributed by atoms with Crippen molar-refractivity contribution in [2.24, 2.45) is 5.92 Å². The number of hydrogen-bond acceptors (Lipinski definition) is 5. The number of nitriles is 1. The molecular formula is C20H35N5O2. The highest BCUT2D eigenvalue weighted by atomic mass is 16.2. The van der Waals surface area contributed by atoms with Crippen molar-refractivity contribution in [1.29, 1.82) is 5.26 Å². The molecule has 1 heterocycles. The summed E-state index contributed by atoms with van der Waals surface area (Å²) in [5.41, 5.74) is -0.677. The molecule has 2 aliphatic rings. The topological polar surface area (TPSA) is 88.5 Å². The Balaban J connectivity index is 1.71. The quantitative estimate of drug-likeness (QED) is 0.649. The Morgan fingerprint density at radius 3 is 1.96 bits per heavy atom. The fourth-order valence-electron chi connectivity index (χ4n) is 3.79. The molecule has 2 amide bonds. The Hall–Kier alpha value is -1.65. The number of piperazine rings is 1. The van der Waals surface area contributed by atoms with Gasteiger partial charge in [0, 0.05) is 32.7 Å². The van der Waals surface area contributed by atoms with Gasteiger partial charge < -0.3 is 10.6 Å². The first-order chi connectivity index (χ1) is 12.9. The van der Waals surface area contributed by atoms with E-state index in [0.717, 1.165) is 64.7 Å². The zero-order chi connectivity index (χ0) is 19.7. The average Bonchev–Trinajstić information content (AvgIpc) is 2.87. The molecular weight excluding hydrogens is 342 g/mol. The van der Waals surface area contributed by atoms with Gasteiger partial charge in [0.05, 0.1) is 19.2 Å². The summed E-state index contributed by atoms with van der Waals surface area (Å²) in [6.45, 7) is 8.72. The van der Waals surface area contributed by atoms with Crippen LogP contribution >= 0.6 is 0 Å². The Labute approximate surface area is 163 Å². The monoisotopic (exact) mass is 377 g/mol. The molecule has 0 spiro atoms. The minimum atomic E-state index is -0.677. The van der Waals surface area contributed by atoms with E-state index in [-0.39, 0.29) is 11.8 Å². The van der Waals surface area contributed by atoms with Crippen LogP contribution in [0.2, 0.25) is 0 Å². The van der Waals surface area contributed by atoms with Gasteiger partial charge in [0.2, 0.25) is 11.8 Å². The third-order valence-corrected chi connectivity index (χ3v) is 5.46. The first-order valence-corrected chi connectivity index (χ1v) is 10.4. The highest BCUT2D eigenvalue weighted by Crippen LogP contribution is 2.26. The van der Waals surface area contributed by atoms with Gasteiger partial charge in [0.25, 0.3) is 0 Å². The number of hydrogen-bond donors (Lipinski definition) is 2. The molecule has 0 unspecified atom stereocenters. The lowest BCUT2D eigenvalue weighted by Crippen LogP contribution is -2.54. The van der Waals surface area contributed by atoms with Gasteiger partial charge in [-0.25, -0.2) is 0 Å². The molecule has 1 saturated carbocycles. The molecule has 0 aromatic heterocycles. The van der Waals surface area contributed by atoms with E-state index in [1.807, 2.05) is 0 Å². The Kier molecular flexibility index (Phi) is 8.52. The summed E-state index contributed by atoms with van der Waals surface area (Å²) in [4.78, 5) is 28.7. The van der Waals surface area contributed by atoms with Gasteiger partial charge in [0.15, 0.2) is 0 Å². The van der Waals surface area contributed by atoms with Crippen LogP contribution in [0, 0.1) is 17.2 Å². The van der Waals surface area contributed by atoms with Crippen LogP contribution in [0.3, 0.4) is 0 Å². The van der Waals surface area contributed by atoms with Crippen molar-refractivity contribution in [3.8, 4) is 6.07 Å². The van der Waals surface area contributed by atoms with Gasteiger partial charge in [-0.05, 0) is 18.8 Å². The molecule has 2 fully saturated rings. The average molecular weight is 378 g/mol. The minimum Gasteiger partial charge on any atom is -0.355 e. The third-order valence-electron chi connectivity index (χ3n) is 5.46. The standard InChI is InChI=1S/C20H35N5O2/c1-17(2)13-22-18(26)14-24-9-11-25(12-10-24)15-19(27)23-20(16-21)7-5-3-4-6-8-20/h17H,3-15H2,1-2H3,(H,22,26)(H,23,27). The Morgan fingerprint density at radius 2 is 1.48 bits per heavy atom. The maximum Gasteiger partial charge on any atom is 0.235 e. The summed E-state index contributed by atoms with van der Waals surface area (Å²) >= 11 is 0. The highest BCUT2D eigenvalue weighted by molar-refractivity contribution is 5.79. The Morgan fingerprint density at radius 1 is 0.963 bits per heavy atom. The minimum absolute atomic E-state index is 0.0541. The lowest BCUT2D eigenvalue weighted by Gasteiger charge is -2.34. The fourth-order valence-corrected chi connectivity index (χ4v) is 3.79. The van der Waals surface area contributed by atoms with E-state index < -0.39 is 5.54 Å². The van der Waals surface area contributed by atoms with E-state index in [2.05, 4.69) is 40.4 Å². The summed E-state index contributed by atoms with van der Waals surface area (Å²) in [5.74, 6) is 0.468. The molecule has 7 heteroatoms. The molecule has 152 valence electrons. The number of amides is 2. The fraction of sp³-hybridized carbons (Fsp3) is 0.850. The van der Waals surface area contributed by atoms with Crippen LogP contribution in [0.4, 0.5) is 0 Å². The van der Waals surface area contributed by atoms with E-state index in [4.69, 9.17) is 0 Å². The van der Waals surface area contributed by atoms with Crippen molar-refractivity contribution in [1.82, 2.24) is 20.4 Å². The lowest BCUT2D eigenvalue weighted by atomic mass is 9.92. The number of nitrogens with zero attached hydrogens (tertiary/aromatic N) is 3. The van der Waals surface area contributed by atoms with Gasteiger partial charge in [-0.3, -0.25) is 19.4 Å². The van der Waals surface area contributed by atoms with Crippen molar-refractivity contribution in [3.05, 3.63) is 0 Å². The summed E-state index contributed by atoms with van der Waals surface area (Å²) in [6.07, 6.45) is 5.82. The molecule has 0 atom stereocenters. The summed E-state index contributed by atoms with van der Waals surface area (Å²) in [5, 5.41) is 15.6. The predicted molar refractivity (Wildman–Crippen MR) is 105 cm³/mol. The van der Waals surface area contributed by atoms with Gasteiger partial charge in [-0.2, -0.15) is 5.26 Å². The molecule has 7 nitrogen and oxygen atoms in total. The summed E-state index contributed by atoms with van der Waals surface area (Å²) in [7, 11) is 0. The number of carbonyl (C=O) groups excluding carboxylic acids is 2. The van der Waals surface area contributed by atoms with Crippen molar-refractivity contribution in [3.63, 3.8) is 0 Å². The first kappa shape index (κ1) is 21.6. The normalized spacial score (nSPS) is 21.3. The maximum atomic E-state index is 12.5. The van der Waals surface area contributed by atoms with E-state index in [0.29, 0.717) is 25.6 Å². The zero-order valence-electron chi connectivity index (χ0n) is 16.9. The van der Waals surface area contributed by atoms with Crippen LogP contribution in [0.15, 0.2) is 0 Å². The van der Waals surface area contributed by atoms with Crippen LogP contribution in [0.5, 0.6) is 0 Å². The highest BCUT2D eigenvalue weighted by Gasteiger charge is 2.33. The van der Waals surface area contributed by atoms with Gasteiger partial charge in [-0.15, -0.1) is 0 Å². The maximum absolute atomic E-state index is 12.5. The second-order valence-electron chi connectivity index (χ2n) is 8.41. The molecule has 1 saturated heterocycles. The molecule has 1 aliphatic carbocycles. The molecule has 0 radical (unpaired) electrons.